The topological polar surface area (TPSA) is 95.3 Å². The Kier molecular flexibility index (Phi) is 7.35. The summed E-state index contributed by atoms with van der Waals surface area (Å²) >= 11 is 8.64. The van der Waals surface area contributed by atoms with Crippen LogP contribution < -0.4 is 10.1 Å². The van der Waals surface area contributed by atoms with E-state index in [-0.39, 0.29) is 11.7 Å². The lowest BCUT2D eigenvalue weighted by molar-refractivity contribution is -0.113. The first-order valence-electron chi connectivity index (χ1n) is 8.84. The van der Waals surface area contributed by atoms with Crippen molar-refractivity contribution in [2.45, 2.75) is 18.6 Å². The quantitative estimate of drug-likeness (QED) is 0.392. The molecule has 0 fully saturated rings. The average Bonchev–Trinajstić information content (AvgIpc) is 3.38. The molecule has 1 amide bonds. The molecule has 3 aromatic rings. The third-order valence-corrected chi connectivity index (χ3v) is 6.12. The van der Waals surface area contributed by atoms with E-state index in [1.165, 1.54) is 30.2 Å². The average molecular weight is 467 g/mol. The zero-order chi connectivity index (χ0) is 21.7. The monoisotopic (exact) mass is 466 g/mol. The predicted octanol–water partition coefficient (Wildman–Crippen LogP) is 4.21. The number of carbonyl (C=O) groups is 2. The lowest BCUT2D eigenvalue weighted by Crippen LogP contribution is -2.16. The highest BCUT2D eigenvalue weighted by molar-refractivity contribution is 7.99. The van der Waals surface area contributed by atoms with Crippen molar-refractivity contribution in [3.8, 4) is 17.1 Å². The lowest BCUT2D eigenvalue weighted by atomic mass is 10.2. The number of methoxy groups -OCH3 is 2. The summed E-state index contributed by atoms with van der Waals surface area (Å²) in [5.41, 5.74) is 1.05. The van der Waals surface area contributed by atoms with E-state index in [2.05, 4.69) is 15.5 Å². The minimum atomic E-state index is -0.495. The summed E-state index contributed by atoms with van der Waals surface area (Å²) in [7, 11) is 2.87. The lowest BCUT2D eigenvalue weighted by Gasteiger charge is -2.11. The molecule has 11 heteroatoms. The first-order chi connectivity index (χ1) is 14.5. The van der Waals surface area contributed by atoms with Gasteiger partial charge in [0, 0.05) is 11.6 Å². The molecule has 1 N–H and O–H groups in total. The number of thiophene rings is 1. The van der Waals surface area contributed by atoms with E-state index in [1.54, 1.807) is 36.8 Å². The number of ether oxygens (including phenoxy) is 2. The van der Waals surface area contributed by atoms with Gasteiger partial charge in [-0.2, -0.15) is 0 Å². The van der Waals surface area contributed by atoms with Crippen LogP contribution in [0, 0.1) is 0 Å². The molecule has 2 heterocycles. The zero-order valence-corrected chi connectivity index (χ0v) is 18.9. The Hall–Kier alpha value is -2.56. The molecule has 2 aromatic heterocycles. The number of carbonyl (C=O) groups excluding carboxylic acids is 2. The molecule has 3 rings (SSSR count). The van der Waals surface area contributed by atoms with Crippen LogP contribution in [-0.4, -0.2) is 46.6 Å². The standard InChI is InChI=1S/C19H19ClN4O4S2/c1-4-24-16(13-9-11(20)5-6-14(13)27-2)22-23-19(24)30-10-15(25)21-17-12(7-8-29-17)18(26)28-3/h5-9H,4,10H2,1-3H3,(H,21,25). The first-order valence-corrected chi connectivity index (χ1v) is 11.1. The molecule has 0 saturated heterocycles. The summed E-state index contributed by atoms with van der Waals surface area (Å²) in [5.74, 6) is 0.573. The molecular formula is C19H19ClN4O4S2. The van der Waals surface area contributed by atoms with Crippen LogP contribution in [0.15, 0.2) is 34.8 Å². The molecule has 0 unspecified atom stereocenters. The number of hydrogen-bond acceptors (Lipinski definition) is 8. The van der Waals surface area contributed by atoms with Gasteiger partial charge in [-0.3, -0.25) is 4.79 Å². The van der Waals surface area contributed by atoms with Gasteiger partial charge in [0.15, 0.2) is 11.0 Å². The van der Waals surface area contributed by atoms with E-state index in [9.17, 15) is 9.59 Å². The van der Waals surface area contributed by atoms with Crippen LogP contribution in [0.2, 0.25) is 5.02 Å². The van der Waals surface area contributed by atoms with Crippen molar-refractivity contribution >= 4 is 51.6 Å². The molecule has 0 radical (unpaired) electrons. The minimum Gasteiger partial charge on any atom is -0.496 e. The van der Waals surface area contributed by atoms with Crippen molar-refractivity contribution in [2.24, 2.45) is 0 Å². The maximum Gasteiger partial charge on any atom is 0.340 e. The molecule has 0 aliphatic heterocycles. The summed E-state index contributed by atoms with van der Waals surface area (Å²) in [5, 5.41) is 14.5. The van der Waals surface area contributed by atoms with Crippen LogP contribution in [0.4, 0.5) is 5.00 Å². The van der Waals surface area contributed by atoms with E-state index in [0.717, 1.165) is 5.56 Å². The van der Waals surface area contributed by atoms with E-state index in [0.29, 0.717) is 38.9 Å². The molecule has 30 heavy (non-hydrogen) atoms. The molecule has 0 bridgehead atoms. The van der Waals surface area contributed by atoms with Crippen molar-refractivity contribution in [1.82, 2.24) is 14.8 Å². The highest BCUT2D eigenvalue weighted by Crippen LogP contribution is 2.33. The molecule has 1 aromatic carbocycles. The Bertz CT molecular complexity index is 1070. The molecular weight excluding hydrogens is 448 g/mol. The number of esters is 1. The zero-order valence-electron chi connectivity index (χ0n) is 16.5. The largest absolute Gasteiger partial charge is 0.496 e. The number of rotatable bonds is 8. The highest BCUT2D eigenvalue weighted by atomic mass is 35.5. The fourth-order valence-electron chi connectivity index (χ4n) is 2.70. The second-order valence-electron chi connectivity index (χ2n) is 5.89. The van der Waals surface area contributed by atoms with Crippen LogP contribution in [0.3, 0.4) is 0 Å². The number of nitrogens with zero attached hydrogens (tertiary/aromatic N) is 3. The van der Waals surface area contributed by atoms with Gasteiger partial charge in [0.1, 0.15) is 10.8 Å². The Morgan fingerprint density at radius 1 is 1.27 bits per heavy atom. The number of amides is 1. The second kappa shape index (κ2) is 9.96. The van der Waals surface area contributed by atoms with Gasteiger partial charge in [0.05, 0.1) is 31.1 Å². The molecule has 8 nitrogen and oxygen atoms in total. The fourth-order valence-corrected chi connectivity index (χ4v) is 4.47. The third-order valence-electron chi connectivity index (χ3n) is 4.09. The SMILES string of the molecule is CCn1c(SCC(=O)Nc2sccc2C(=O)OC)nnc1-c1cc(Cl)ccc1OC. The Balaban J connectivity index is 1.74. The van der Waals surface area contributed by atoms with Gasteiger partial charge in [-0.25, -0.2) is 4.79 Å². The summed E-state index contributed by atoms with van der Waals surface area (Å²) in [6, 6.07) is 6.89. The number of aromatic nitrogens is 3. The minimum absolute atomic E-state index is 0.101. The van der Waals surface area contributed by atoms with Gasteiger partial charge in [-0.15, -0.1) is 21.5 Å². The van der Waals surface area contributed by atoms with Gasteiger partial charge in [0.2, 0.25) is 5.91 Å². The van der Waals surface area contributed by atoms with Crippen molar-refractivity contribution in [3.63, 3.8) is 0 Å². The van der Waals surface area contributed by atoms with Crippen LogP contribution >= 0.6 is 34.7 Å². The number of nitrogens with one attached hydrogen (secondary N) is 1. The number of thioether (sulfide) groups is 1. The molecule has 0 atom stereocenters. The van der Waals surface area contributed by atoms with Crippen LogP contribution in [-0.2, 0) is 16.1 Å². The second-order valence-corrected chi connectivity index (χ2v) is 8.18. The van der Waals surface area contributed by atoms with E-state index < -0.39 is 5.97 Å². The van der Waals surface area contributed by atoms with E-state index >= 15 is 0 Å². The first kappa shape index (κ1) is 22.1. The van der Waals surface area contributed by atoms with Crippen molar-refractivity contribution in [2.75, 3.05) is 25.3 Å². The normalized spacial score (nSPS) is 10.7. The van der Waals surface area contributed by atoms with Crippen LogP contribution in [0.1, 0.15) is 17.3 Å². The van der Waals surface area contributed by atoms with Gasteiger partial charge >= 0.3 is 5.97 Å². The van der Waals surface area contributed by atoms with E-state index in [4.69, 9.17) is 21.1 Å². The van der Waals surface area contributed by atoms with Gasteiger partial charge in [-0.1, -0.05) is 23.4 Å². The third kappa shape index (κ3) is 4.77. The molecule has 0 saturated carbocycles. The highest BCUT2D eigenvalue weighted by Gasteiger charge is 2.19. The van der Waals surface area contributed by atoms with Gasteiger partial charge in [0.25, 0.3) is 0 Å². The summed E-state index contributed by atoms with van der Waals surface area (Å²) in [6.45, 7) is 2.56. The predicted molar refractivity (Wildman–Crippen MR) is 118 cm³/mol. The molecule has 0 aliphatic rings. The summed E-state index contributed by atoms with van der Waals surface area (Å²) in [4.78, 5) is 24.1. The van der Waals surface area contributed by atoms with Crippen LogP contribution in [0.25, 0.3) is 11.4 Å². The fraction of sp³-hybridized carbons (Fsp3) is 0.263. The van der Waals surface area contributed by atoms with Crippen molar-refractivity contribution < 1.29 is 19.1 Å². The Morgan fingerprint density at radius 3 is 2.77 bits per heavy atom. The Morgan fingerprint density at radius 2 is 2.07 bits per heavy atom. The number of benzene rings is 1. The molecule has 0 spiro atoms. The summed E-state index contributed by atoms with van der Waals surface area (Å²) < 4.78 is 12.0. The number of anilines is 1. The van der Waals surface area contributed by atoms with Gasteiger partial charge in [-0.05, 0) is 36.6 Å². The smallest absolute Gasteiger partial charge is 0.340 e. The Labute approximate surface area is 186 Å². The van der Waals surface area contributed by atoms with Crippen molar-refractivity contribution in [1.29, 1.82) is 0 Å². The molecule has 0 aliphatic carbocycles. The maximum atomic E-state index is 12.4. The van der Waals surface area contributed by atoms with E-state index in [1.807, 2.05) is 11.5 Å². The molecule has 158 valence electrons. The maximum absolute atomic E-state index is 12.4. The number of hydrogen-bond donors (Lipinski definition) is 1. The van der Waals surface area contributed by atoms with Gasteiger partial charge < -0.3 is 19.4 Å². The van der Waals surface area contributed by atoms with Crippen LogP contribution in [0.5, 0.6) is 5.75 Å². The summed E-state index contributed by atoms with van der Waals surface area (Å²) in [6.07, 6.45) is 0. The number of halogens is 1. The van der Waals surface area contributed by atoms with Crippen molar-refractivity contribution in [3.05, 3.63) is 40.2 Å².